The first-order chi connectivity index (χ1) is 16.4. The van der Waals surface area contributed by atoms with Crippen molar-refractivity contribution in [2.45, 2.75) is 123 Å². The van der Waals surface area contributed by atoms with Gasteiger partial charge in [-0.1, -0.05) is 39.3 Å². The van der Waals surface area contributed by atoms with Gasteiger partial charge >= 0.3 is 0 Å². The minimum atomic E-state index is -1.39. The molecule has 5 N–H and O–H groups in total. The van der Waals surface area contributed by atoms with Gasteiger partial charge in [-0.3, -0.25) is 0 Å². The van der Waals surface area contributed by atoms with Crippen LogP contribution in [0.1, 0.15) is 93.4 Å². The van der Waals surface area contributed by atoms with E-state index in [4.69, 9.17) is 4.74 Å². The van der Waals surface area contributed by atoms with Gasteiger partial charge in [0, 0.05) is 17.3 Å². The lowest BCUT2D eigenvalue weighted by Crippen LogP contribution is -2.75. The summed E-state index contributed by atoms with van der Waals surface area (Å²) in [5, 5.41) is 54.4. The van der Waals surface area contributed by atoms with Crippen molar-refractivity contribution in [2.24, 2.45) is 45.3 Å². The van der Waals surface area contributed by atoms with E-state index in [0.29, 0.717) is 24.9 Å². The monoisotopic (exact) mass is 506 g/mol. The Hall–Kier alpha value is -0.500. The zero-order chi connectivity index (χ0) is 26.7. The summed E-state index contributed by atoms with van der Waals surface area (Å²) in [5.74, 6) is -0.0598. The molecule has 2 saturated heterocycles. The van der Waals surface area contributed by atoms with E-state index < -0.39 is 29.7 Å². The summed E-state index contributed by atoms with van der Waals surface area (Å²) in [6, 6.07) is 0. The largest absolute Gasteiger partial charge is 0.393 e. The van der Waals surface area contributed by atoms with Crippen LogP contribution < -0.4 is 0 Å². The SMILES string of the molecule is C/C(=C\[C@H](O)C(O)C(C)(C)O)[C@H]1CC[C@]2(C)C1CC(O)C1[C@]34CC[C@@](O)(OC3)C(C)(C)C4CC[C@]12C. The Morgan fingerprint density at radius 2 is 1.64 bits per heavy atom. The molecule has 6 aliphatic rings. The minimum Gasteiger partial charge on any atom is -0.393 e. The highest BCUT2D eigenvalue weighted by Gasteiger charge is 2.75. The van der Waals surface area contributed by atoms with E-state index in [1.54, 1.807) is 6.08 Å². The second-order valence-corrected chi connectivity index (χ2v) is 15.0. The number of hydrogen-bond donors (Lipinski definition) is 5. The zero-order valence-corrected chi connectivity index (χ0v) is 23.4. The number of rotatable bonds is 4. The van der Waals surface area contributed by atoms with E-state index in [0.717, 1.165) is 44.1 Å². The fourth-order valence-electron chi connectivity index (χ4n) is 10.6. The molecule has 4 saturated carbocycles. The molecule has 2 aliphatic heterocycles. The molecule has 0 aromatic heterocycles. The number of aliphatic hydroxyl groups is 5. The Morgan fingerprint density at radius 3 is 2.22 bits per heavy atom. The van der Waals surface area contributed by atoms with Crippen LogP contribution in [-0.4, -0.2) is 61.8 Å². The molecule has 4 aliphatic carbocycles. The molecule has 1 spiro atoms. The molecule has 6 fully saturated rings. The van der Waals surface area contributed by atoms with Gasteiger partial charge < -0.3 is 30.3 Å². The van der Waals surface area contributed by atoms with E-state index in [9.17, 15) is 25.5 Å². The topological polar surface area (TPSA) is 110 Å². The smallest absolute Gasteiger partial charge is 0.170 e. The van der Waals surface area contributed by atoms with E-state index in [1.807, 2.05) is 6.92 Å². The molecule has 2 heterocycles. The van der Waals surface area contributed by atoms with E-state index in [2.05, 4.69) is 27.7 Å². The van der Waals surface area contributed by atoms with Crippen molar-refractivity contribution in [3.63, 3.8) is 0 Å². The lowest BCUT2D eigenvalue weighted by Gasteiger charge is -2.74. The number of allylic oxidation sites excluding steroid dienone is 1. The van der Waals surface area contributed by atoms with Crippen LogP contribution in [0.15, 0.2) is 11.6 Å². The van der Waals surface area contributed by atoms with Crippen LogP contribution in [0.5, 0.6) is 0 Å². The molecule has 0 aromatic rings. The summed E-state index contributed by atoms with van der Waals surface area (Å²) < 4.78 is 6.24. The van der Waals surface area contributed by atoms with Crippen LogP contribution in [0.4, 0.5) is 0 Å². The summed E-state index contributed by atoms with van der Waals surface area (Å²) >= 11 is 0. The Balaban J connectivity index is 1.47. The van der Waals surface area contributed by atoms with Gasteiger partial charge in [0.2, 0.25) is 0 Å². The highest BCUT2D eigenvalue weighted by Crippen LogP contribution is 2.77. The second-order valence-electron chi connectivity index (χ2n) is 15.0. The fraction of sp³-hybridized carbons (Fsp3) is 0.933. The molecule has 5 unspecified atom stereocenters. The molecular formula is C30H50O6. The minimum absolute atomic E-state index is 0.0433. The van der Waals surface area contributed by atoms with Crippen LogP contribution in [0.25, 0.3) is 0 Å². The summed E-state index contributed by atoms with van der Waals surface area (Å²) in [6.45, 7) is 14.8. The molecule has 6 rings (SSSR count). The van der Waals surface area contributed by atoms with Crippen molar-refractivity contribution in [1.29, 1.82) is 0 Å². The number of ether oxygens (including phenoxy) is 1. The third kappa shape index (κ3) is 3.30. The molecule has 6 nitrogen and oxygen atoms in total. The maximum Gasteiger partial charge on any atom is 0.170 e. The van der Waals surface area contributed by atoms with E-state index in [1.165, 1.54) is 13.8 Å². The lowest BCUT2D eigenvalue weighted by atomic mass is 9.33. The molecule has 6 heteroatoms. The van der Waals surface area contributed by atoms with Crippen LogP contribution in [0.2, 0.25) is 0 Å². The predicted octanol–water partition coefficient (Wildman–Crippen LogP) is 3.78. The van der Waals surface area contributed by atoms with Crippen LogP contribution in [-0.2, 0) is 4.74 Å². The Morgan fingerprint density at radius 1 is 1.00 bits per heavy atom. The molecule has 206 valence electrons. The summed E-state index contributed by atoms with van der Waals surface area (Å²) in [5.41, 5.74) is -0.779. The van der Waals surface area contributed by atoms with E-state index >= 15 is 0 Å². The zero-order valence-electron chi connectivity index (χ0n) is 23.4. The van der Waals surface area contributed by atoms with Gasteiger partial charge in [0.15, 0.2) is 5.79 Å². The molecule has 0 radical (unpaired) electrons. The number of hydrogen-bond acceptors (Lipinski definition) is 6. The molecule has 36 heavy (non-hydrogen) atoms. The van der Waals surface area contributed by atoms with Gasteiger partial charge in [-0.2, -0.15) is 0 Å². The maximum absolute atomic E-state index is 11.9. The average Bonchev–Trinajstić information content (AvgIpc) is 3.11. The Labute approximate surface area is 217 Å². The number of aliphatic hydroxyl groups excluding tert-OH is 3. The second kappa shape index (κ2) is 8.02. The fourth-order valence-corrected chi connectivity index (χ4v) is 10.6. The Bertz CT molecular complexity index is 911. The first kappa shape index (κ1) is 27.1. The van der Waals surface area contributed by atoms with Gasteiger partial charge in [0.05, 0.1) is 18.3 Å². The molecule has 2 bridgehead atoms. The predicted molar refractivity (Wildman–Crippen MR) is 138 cm³/mol. The normalized spacial score (nSPS) is 51.8. The molecule has 0 amide bonds. The van der Waals surface area contributed by atoms with Gasteiger partial charge in [-0.25, -0.2) is 0 Å². The third-order valence-electron chi connectivity index (χ3n) is 12.9. The van der Waals surface area contributed by atoms with Crippen LogP contribution in [0, 0.1) is 45.3 Å². The lowest BCUT2D eigenvalue weighted by molar-refractivity contribution is -0.404. The standard InChI is InChI=1S/C30H50O6/c1-17(14-21(32)24(33)26(4,5)34)18-8-10-27(6)19(18)15-20(31)23-28(27,7)11-9-22-25(2,3)30(35)13-12-29(22,23)16-36-30/h14,18-24,31-35H,8-13,15-16H2,1-7H3/b17-14+/t18-,19?,20?,21+,22?,23?,24?,27-,28-,29-,30-/m1/s1. The highest BCUT2D eigenvalue weighted by molar-refractivity contribution is 5.25. The van der Waals surface area contributed by atoms with Crippen molar-refractivity contribution in [3.8, 4) is 0 Å². The van der Waals surface area contributed by atoms with Crippen molar-refractivity contribution in [1.82, 2.24) is 0 Å². The Kier molecular flexibility index (Phi) is 6.03. The van der Waals surface area contributed by atoms with Crippen LogP contribution in [0.3, 0.4) is 0 Å². The van der Waals surface area contributed by atoms with Gasteiger partial charge in [-0.05, 0) is 93.8 Å². The van der Waals surface area contributed by atoms with Gasteiger partial charge in [0.1, 0.15) is 12.2 Å². The molecule has 0 aromatic carbocycles. The van der Waals surface area contributed by atoms with Crippen molar-refractivity contribution in [3.05, 3.63) is 11.6 Å². The van der Waals surface area contributed by atoms with Crippen molar-refractivity contribution < 1.29 is 30.3 Å². The van der Waals surface area contributed by atoms with Gasteiger partial charge in [0.25, 0.3) is 0 Å². The van der Waals surface area contributed by atoms with Crippen molar-refractivity contribution >= 4 is 0 Å². The molecular weight excluding hydrogens is 456 g/mol. The third-order valence-corrected chi connectivity index (χ3v) is 12.9. The quantitative estimate of drug-likeness (QED) is 0.371. The summed E-state index contributed by atoms with van der Waals surface area (Å²) in [6.07, 6.45) is 5.37. The maximum atomic E-state index is 11.9. The van der Waals surface area contributed by atoms with E-state index in [-0.39, 0.29) is 33.5 Å². The first-order valence-electron chi connectivity index (χ1n) is 14.3. The number of fused-ring (bicyclic) bond motifs is 5. The average molecular weight is 507 g/mol. The summed E-state index contributed by atoms with van der Waals surface area (Å²) in [4.78, 5) is 0. The van der Waals surface area contributed by atoms with Gasteiger partial charge in [-0.15, -0.1) is 0 Å². The van der Waals surface area contributed by atoms with Crippen LogP contribution >= 0.6 is 0 Å². The first-order valence-corrected chi connectivity index (χ1v) is 14.3. The van der Waals surface area contributed by atoms with Crippen molar-refractivity contribution in [2.75, 3.05) is 6.61 Å². The summed E-state index contributed by atoms with van der Waals surface area (Å²) in [7, 11) is 0. The molecule has 11 atom stereocenters. The highest BCUT2D eigenvalue weighted by atomic mass is 16.6.